The van der Waals surface area contributed by atoms with Crippen molar-refractivity contribution in [3.63, 3.8) is 0 Å². The first-order valence-electron chi connectivity index (χ1n) is 12.6. The number of para-hydroxylation sites is 1. The molecule has 1 amide bonds. The summed E-state index contributed by atoms with van der Waals surface area (Å²) in [5, 5.41) is 11.7. The maximum atomic E-state index is 13.9. The van der Waals surface area contributed by atoms with Gasteiger partial charge in [-0.15, -0.1) is 0 Å². The summed E-state index contributed by atoms with van der Waals surface area (Å²) in [6.07, 6.45) is 1.91. The molecule has 5 rings (SSSR count). The molecular weight excluding hydrogens is 482 g/mol. The second-order valence-electron chi connectivity index (χ2n) is 9.18. The topological polar surface area (TPSA) is 89.2 Å². The van der Waals surface area contributed by atoms with Gasteiger partial charge in [-0.25, -0.2) is 0 Å². The van der Waals surface area contributed by atoms with Crippen LogP contribution in [0.25, 0.3) is 11.0 Å². The van der Waals surface area contributed by atoms with Crippen molar-refractivity contribution >= 4 is 22.7 Å². The van der Waals surface area contributed by atoms with Crippen molar-refractivity contribution in [1.82, 2.24) is 4.90 Å². The smallest absolute Gasteiger partial charge is 0.290 e. The summed E-state index contributed by atoms with van der Waals surface area (Å²) >= 11 is 0. The Morgan fingerprint density at radius 1 is 1.03 bits per heavy atom. The lowest BCUT2D eigenvalue weighted by Gasteiger charge is -2.27. The number of ketones is 1. The van der Waals surface area contributed by atoms with Crippen molar-refractivity contribution in [2.75, 3.05) is 13.7 Å². The number of methoxy groups -OCH3 is 1. The molecule has 0 saturated heterocycles. The molecule has 38 heavy (non-hydrogen) atoms. The van der Waals surface area contributed by atoms with E-state index in [1.165, 1.54) is 12.0 Å². The average Bonchev–Trinajstić information content (AvgIpc) is 3.49. The second-order valence-corrected chi connectivity index (χ2v) is 9.18. The number of furan rings is 1. The number of hydrogen-bond acceptors (Lipinski definition) is 6. The fourth-order valence-electron chi connectivity index (χ4n) is 4.73. The van der Waals surface area contributed by atoms with Crippen LogP contribution < -0.4 is 9.47 Å². The van der Waals surface area contributed by atoms with Crippen molar-refractivity contribution in [2.45, 2.75) is 32.4 Å². The molecule has 7 nitrogen and oxygen atoms in total. The predicted octanol–water partition coefficient (Wildman–Crippen LogP) is 6.40. The third-order valence-corrected chi connectivity index (χ3v) is 6.64. The van der Waals surface area contributed by atoms with Crippen LogP contribution in [0.2, 0.25) is 0 Å². The molecular formula is C31H29NO6. The van der Waals surface area contributed by atoms with Crippen LogP contribution in [0.3, 0.4) is 0 Å². The summed E-state index contributed by atoms with van der Waals surface area (Å²) in [5.74, 6) is -0.627. The fraction of sp³-hybridized carbons (Fsp3) is 0.226. The second kappa shape index (κ2) is 10.8. The van der Waals surface area contributed by atoms with Crippen molar-refractivity contribution in [1.29, 1.82) is 0 Å². The number of carbonyl (C=O) groups is 2. The van der Waals surface area contributed by atoms with Crippen LogP contribution in [0.15, 0.2) is 94.6 Å². The quantitative estimate of drug-likeness (QED) is 0.196. The SMILES string of the molecule is CCCCOc1cccc(C2C(C(=O)c3cc4cccc(OC)c4o3)=C(O)C(=O)N2Cc2ccccc2)c1. The van der Waals surface area contributed by atoms with Gasteiger partial charge in [0.15, 0.2) is 22.9 Å². The lowest BCUT2D eigenvalue weighted by Crippen LogP contribution is -2.30. The maximum absolute atomic E-state index is 13.9. The van der Waals surface area contributed by atoms with Crippen LogP contribution in [-0.2, 0) is 11.3 Å². The van der Waals surface area contributed by atoms with Crippen LogP contribution in [-0.4, -0.2) is 35.4 Å². The van der Waals surface area contributed by atoms with Crippen LogP contribution in [0.5, 0.6) is 11.5 Å². The summed E-state index contributed by atoms with van der Waals surface area (Å²) in [6, 6.07) is 22.9. The number of ether oxygens (including phenoxy) is 2. The average molecular weight is 512 g/mol. The molecule has 0 saturated carbocycles. The van der Waals surface area contributed by atoms with Gasteiger partial charge in [-0.2, -0.15) is 0 Å². The highest BCUT2D eigenvalue weighted by Gasteiger charge is 2.44. The molecule has 0 fully saturated rings. The third-order valence-electron chi connectivity index (χ3n) is 6.64. The molecule has 7 heteroatoms. The number of amides is 1. The Kier molecular flexibility index (Phi) is 7.18. The van der Waals surface area contributed by atoms with Gasteiger partial charge in [-0.05, 0) is 41.8 Å². The van der Waals surface area contributed by atoms with Gasteiger partial charge < -0.3 is 23.9 Å². The summed E-state index contributed by atoms with van der Waals surface area (Å²) < 4.78 is 17.2. The molecule has 0 aliphatic carbocycles. The van der Waals surface area contributed by atoms with Crippen LogP contribution >= 0.6 is 0 Å². The number of unbranched alkanes of at least 4 members (excludes halogenated alkanes) is 1. The van der Waals surface area contributed by atoms with E-state index in [0.717, 1.165) is 18.4 Å². The van der Waals surface area contributed by atoms with E-state index >= 15 is 0 Å². The Morgan fingerprint density at radius 2 is 1.82 bits per heavy atom. The molecule has 0 spiro atoms. The molecule has 3 aromatic carbocycles. The number of fused-ring (bicyclic) bond motifs is 1. The number of nitrogens with zero attached hydrogens (tertiary/aromatic N) is 1. The minimum Gasteiger partial charge on any atom is -0.503 e. The highest BCUT2D eigenvalue weighted by atomic mass is 16.5. The van der Waals surface area contributed by atoms with E-state index in [2.05, 4.69) is 6.92 Å². The lowest BCUT2D eigenvalue weighted by atomic mass is 9.94. The van der Waals surface area contributed by atoms with Crippen molar-refractivity contribution in [3.05, 3.63) is 107 Å². The number of Topliss-reactive ketones (excluding diaryl/α,β-unsaturated/α-hetero) is 1. The molecule has 0 radical (unpaired) electrons. The third kappa shape index (κ3) is 4.75. The number of carbonyl (C=O) groups excluding carboxylic acids is 2. The monoisotopic (exact) mass is 511 g/mol. The van der Waals surface area contributed by atoms with E-state index in [1.54, 1.807) is 18.2 Å². The van der Waals surface area contributed by atoms with Gasteiger partial charge in [-0.1, -0.05) is 67.9 Å². The zero-order chi connectivity index (χ0) is 26.6. The predicted molar refractivity (Wildman–Crippen MR) is 143 cm³/mol. The molecule has 1 aliphatic heterocycles. The zero-order valence-corrected chi connectivity index (χ0v) is 21.3. The Labute approximate surface area is 220 Å². The normalized spacial score (nSPS) is 15.4. The van der Waals surface area contributed by atoms with Crippen molar-refractivity contribution in [2.24, 2.45) is 0 Å². The fourth-order valence-corrected chi connectivity index (χ4v) is 4.73. The summed E-state index contributed by atoms with van der Waals surface area (Å²) in [4.78, 5) is 28.8. The van der Waals surface area contributed by atoms with Crippen LogP contribution in [0.1, 0.15) is 47.5 Å². The minimum absolute atomic E-state index is 0.0146. The molecule has 1 unspecified atom stereocenters. The van der Waals surface area contributed by atoms with Gasteiger partial charge in [0.05, 0.1) is 25.3 Å². The molecule has 2 heterocycles. The van der Waals surface area contributed by atoms with E-state index in [0.29, 0.717) is 34.6 Å². The van der Waals surface area contributed by atoms with Gasteiger partial charge in [0.25, 0.3) is 5.91 Å². The Morgan fingerprint density at radius 3 is 2.58 bits per heavy atom. The van der Waals surface area contributed by atoms with Gasteiger partial charge in [-0.3, -0.25) is 9.59 Å². The van der Waals surface area contributed by atoms with Crippen LogP contribution in [0, 0.1) is 0 Å². The highest BCUT2D eigenvalue weighted by molar-refractivity contribution is 6.16. The first-order valence-corrected chi connectivity index (χ1v) is 12.6. The minimum atomic E-state index is -0.833. The van der Waals surface area contributed by atoms with Crippen molar-refractivity contribution in [3.8, 4) is 11.5 Å². The van der Waals surface area contributed by atoms with E-state index in [1.807, 2.05) is 60.7 Å². The molecule has 4 aromatic rings. The van der Waals surface area contributed by atoms with Crippen LogP contribution in [0.4, 0.5) is 0 Å². The largest absolute Gasteiger partial charge is 0.503 e. The van der Waals surface area contributed by atoms with E-state index in [4.69, 9.17) is 13.9 Å². The van der Waals surface area contributed by atoms with Gasteiger partial charge >= 0.3 is 0 Å². The lowest BCUT2D eigenvalue weighted by molar-refractivity contribution is -0.130. The molecule has 194 valence electrons. The Hall–Kier alpha value is -4.52. The standard InChI is InChI=1S/C31H29NO6/c1-3-4-16-37-23-14-8-12-21(17-23)27-26(29(34)31(35)32(27)19-20-10-6-5-7-11-20)28(33)25-18-22-13-9-15-24(36-2)30(22)38-25/h5-15,17-18,27,34H,3-4,16,19H2,1-2H3. The van der Waals surface area contributed by atoms with E-state index in [9.17, 15) is 14.7 Å². The van der Waals surface area contributed by atoms with E-state index in [-0.39, 0.29) is 17.9 Å². The first-order chi connectivity index (χ1) is 18.5. The van der Waals surface area contributed by atoms with Gasteiger partial charge in [0.2, 0.25) is 5.78 Å². The molecule has 1 atom stereocenters. The van der Waals surface area contributed by atoms with Gasteiger partial charge in [0.1, 0.15) is 5.75 Å². The summed E-state index contributed by atoms with van der Waals surface area (Å²) in [7, 11) is 1.52. The molecule has 1 aromatic heterocycles. The number of benzene rings is 3. The van der Waals surface area contributed by atoms with Crippen molar-refractivity contribution < 1.29 is 28.6 Å². The molecule has 1 aliphatic rings. The Bertz CT molecular complexity index is 1500. The number of hydrogen-bond donors (Lipinski definition) is 1. The first kappa shape index (κ1) is 25.1. The molecule has 0 bridgehead atoms. The summed E-state index contributed by atoms with van der Waals surface area (Å²) in [5.41, 5.74) is 1.92. The highest BCUT2D eigenvalue weighted by Crippen LogP contribution is 2.41. The number of aliphatic hydroxyl groups excluding tert-OH is 1. The maximum Gasteiger partial charge on any atom is 0.290 e. The number of rotatable bonds is 10. The Balaban J connectivity index is 1.57. The summed E-state index contributed by atoms with van der Waals surface area (Å²) in [6.45, 7) is 2.86. The van der Waals surface area contributed by atoms with E-state index < -0.39 is 23.5 Å². The number of aliphatic hydroxyl groups is 1. The zero-order valence-electron chi connectivity index (χ0n) is 21.3. The molecule has 1 N–H and O–H groups in total. The van der Waals surface area contributed by atoms with Gasteiger partial charge in [0, 0.05) is 11.9 Å².